The number of thiocarbonyl (C=S) groups is 1. The van der Waals surface area contributed by atoms with E-state index in [4.69, 9.17) is 0 Å². The third-order valence-corrected chi connectivity index (χ3v) is 2.07. The first-order valence-electron chi connectivity index (χ1n) is 5.58. The van der Waals surface area contributed by atoms with E-state index < -0.39 is 0 Å². The third-order valence-electron chi connectivity index (χ3n) is 2.07. The first-order valence-corrected chi connectivity index (χ1v) is 6.40. The van der Waals surface area contributed by atoms with Crippen LogP contribution in [0.2, 0.25) is 0 Å². The van der Waals surface area contributed by atoms with Crippen LogP contribution in [-0.2, 0) is 38.5 Å². The largest absolute Gasteiger partial charge is 2.00 e. The molecule has 0 heterocycles. The number of hydrogen-bond donors (Lipinski definition) is 1. The molecule has 0 aliphatic carbocycles. The predicted octanol–water partition coefficient (Wildman–Crippen LogP) is 3.38. The summed E-state index contributed by atoms with van der Waals surface area (Å²) in [5.41, 5.74) is 6.01. The van der Waals surface area contributed by atoms with Gasteiger partial charge in [-0.3, -0.25) is 0 Å². The number of benzene rings is 1. The molecule has 0 aliphatic heterocycles. The average molecular weight is 319 g/mol. The van der Waals surface area contributed by atoms with Crippen molar-refractivity contribution in [3.05, 3.63) is 35.9 Å². The van der Waals surface area contributed by atoms with E-state index >= 15 is 0 Å². The van der Waals surface area contributed by atoms with Crippen LogP contribution in [0.3, 0.4) is 0 Å². The standard InChI is InChI=1S/C12H17.CH3NS2.Zn/c1-2-3-4-6-9-12-10-7-5-8-11-12;2-1(3)4;/h5,7-8,10H,2-4,6,9H2,1H3;(H3,2,3,4);/q-1;;+2/p-1. The van der Waals surface area contributed by atoms with Crippen LogP contribution in [0.4, 0.5) is 0 Å². The van der Waals surface area contributed by atoms with E-state index in [0.29, 0.717) is 0 Å². The molecule has 0 aliphatic rings. The van der Waals surface area contributed by atoms with Gasteiger partial charge in [0.25, 0.3) is 0 Å². The van der Waals surface area contributed by atoms with Crippen molar-refractivity contribution >= 4 is 29.2 Å². The zero-order valence-corrected chi connectivity index (χ0v) is 15.0. The molecular weight excluding hydrogens is 300 g/mol. The van der Waals surface area contributed by atoms with Gasteiger partial charge < -0.3 is 30.6 Å². The summed E-state index contributed by atoms with van der Waals surface area (Å²) in [7, 11) is 0. The summed E-state index contributed by atoms with van der Waals surface area (Å²) in [6.45, 7) is 2.24. The molecule has 0 aromatic heterocycles. The van der Waals surface area contributed by atoms with E-state index in [1.54, 1.807) is 0 Å². The number of rotatable bonds is 5. The second-order valence-corrected chi connectivity index (χ2v) is 4.66. The Labute approximate surface area is 129 Å². The van der Waals surface area contributed by atoms with Crippen LogP contribution < -0.4 is 5.73 Å². The summed E-state index contributed by atoms with van der Waals surface area (Å²) in [6, 6.07) is 11.5. The minimum absolute atomic E-state index is 0. The van der Waals surface area contributed by atoms with E-state index in [2.05, 4.69) is 55.7 Å². The Morgan fingerprint density at radius 1 is 1.35 bits per heavy atom. The van der Waals surface area contributed by atoms with Crippen LogP contribution in [0, 0.1) is 6.07 Å². The molecule has 2 N–H and O–H groups in total. The molecule has 0 bridgehead atoms. The Balaban J connectivity index is 0. The molecule has 0 unspecified atom stereocenters. The quantitative estimate of drug-likeness (QED) is 0.296. The Morgan fingerprint density at radius 2 is 2.00 bits per heavy atom. The van der Waals surface area contributed by atoms with Crippen LogP contribution in [0.1, 0.15) is 38.2 Å². The second kappa shape index (κ2) is 14.0. The zero-order chi connectivity index (χ0) is 12.2. The summed E-state index contributed by atoms with van der Waals surface area (Å²) in [6.07, 6.45) is 6.56. The minimum atomic E-state index is 0. The van der Waals surface area contributed by atoms with E-state index in [0.717, 1.165) is 0 Å². The zero-order valence-electron chi connectivity index (χ0n) is 10.4. The molecule has 0 spiro atoms. The Hall–Kier alpha value is -0.0466. The number of unbranched alkanes of at least 4 members (excludes halogenated alkanes) is 3. The molecule has 1 aromatic rings. The van der Waals surface area contributed by atoms with Gasteiger partial charge in [-0.05, 0) is 0 Å². The molecule has 0 saturated heterocycles. The van der Waals surface area contributed by atoms with Gasteiger partial charge in [0.05, 0.1) is 0 Å². The number of aryl methyl sites for hydroxylation is 1. The Kier molecular flexibility index (Phi) is 15.9. The first kappa shape index (κ1) is 19.3. The second-order valence-electron chi connectivity index (χ2n) is 3.52. The van der Waals surface area contributed by atoms with Crippen molar-refractivity contribution in [2.45, 2.75) is 39.0 Å². The third kappa shape index (κ3) is 16.0. The van der Waals surface area contributed by atoms with E-state index in [-0.39, 0.29) is 23.8 Å². The fourth-order valence-corrected chi connectivity index (χ4v) is 1.33. The molecule has 0 radical (unpaired) electrons. The Morgan fingerprint density at radius 3 is 2.47 bits per heavy atom. The average Bonchev–Trinajstić information content (AvgIpc) is 2.25. The van der Waals surface area contributed by atoms with Gasteiger partial charge >= 0.3 is 19.5 Å². The van der Waals surface area contributed by atoms with Gasteiger partial charge in [0.2, 0.25) is 0 Å². The van der Waals surface area contributed by atoms with Gasteiger partial charge in [-0.25, -0.2) is 0 Å². The fraction of sp³-hybridized carbons (Fsp3) is 0.462. The SMILES string of the molecule is CCCCCCc1[c-]cccc1.NC(=S)[S-].[Zn+2]. The number of hydrogen-bond acceptors (Lipinski definition) is 2. The van der Waals surface area contributed by atoms with Crippen LogP contribution in [0.5, 0.6) is 0 Å². The topological polar surface area (TPSA) is 26.0 Å². The summed E-state index contributed by atoms with van der Waals surface area (Å²) in [4.78, 5) is 0. The Bertz CT molecular complexity index is 274. The van der Waals surface area contributed by atoms with Crippen molar-refractivity contribution in [2.24, 2.45) is 5.73 Å². The van der Waals surface area contributed by atoms with Crippen molar-refractivity contribution in [1.29, 1.82) is 0 Å². The molecule has 4 heteroatoms. The van der Waals surface area contributed by atoms with Crippen LogP contribution in [-0.4, -0.2) is 4.32 Å². The molecule has 0 amide bonds. The van der Waals surface area contributed by atoms with Crippen LogP contribution in [0.15, 0.2) is 24.3 Å². The maximum absolute atomic E-state index is 4.66. The maximum Gasteiger partial charge on any atom is 2.00 e. The summed E-state index contributed by atoms with van der Waals surface area (Å²) in [5, 5.41) is 0. The van der Waals surface area contributed by atoms with Gasteiger partial charge in [-0.15, -0.1) is 0 Å². The van der Waals surface area contributed by atoms with Gasteiger partial charge in [-0.2, -0.15) is 35.9 Å². The summed E-state index contributed by atoms with van der Waals surface area (Å²) in [5.74, 6) is 0. The minimum Gasteiger partial charge on any atom is -0.415 e. The van der Waals surface area contributed by atoms with Gasteiger partial charge in [0.1, 0.15) is 0 Å². The predicted molar refractivity (Wildman–Crippen MR) is 77.3 cm³/mol. The molecule has 1 rings (SSSR count). The van der Waals surface area contributed by atoms with Gasteiger partial charge in [0.15, 0.2) is 0 Å². The molecule has 0 fully saturated rings. The molecule has 17 heavy (non-hydrogen) atoms. The van der Waals surface area contributed by atoms with Gasteiger partial charge in [0, 0.05) is 0 Å². The van der Waals surface area contributed by atoms with Gasteiger partial charge in [-0.1, -0.05) is 43.3 Å². The summed E-state index contributed by atoms with van der Waals surface area (Å²) >= 11 is 8.26. The van der Waals surface area contributed by atoms with E-state index in [9.17, 15) is 0 Å². The molecule has 0 saturated carbocycles. The van der Waals surface area contributed by atoms with E-state index in [1.807, 2.05) is 12.1 Å². The maximum atomic E-state index is 4.66. The molecule has 0 atom stereocenters. The van der Waals surface area contributed by atoms with Crippen molar-refractivity contribution in [3.8, 4) is 0 Å². The molecule has 1 aromatic carbocycles. The molecule has 90 valence electrons. The summed E-state index contributed by atoms with van der Waals surface area (Å²) < 4.78 is 0.0833. The fourth-order valence-electron chi connectivity index (χ4n) is 1.33. The van der Waals surface area contributed by atoms with Crippen molar-refractivity contribution < 1.29 is 19.5 Å². The van der Waals surface area contributed by atoms with Crippen LogP contribution >= 0.6 is 12.2 Å². The van der Waals surface area contributed by atoms with Crippen molar-refractivity contribution in [1.82, 2.24) is 0 Å². The van der Waals surface area contributed by atoms with Crippen molar-refractivity contribution in [3.63, 3.8) is 0 Å². The van der Waals surface area contributed by atoms with Crippen LogP contribution in [0.25, 0.3) is 0 Å². The molecule has 1 nitrogen and oxygen atoms in total. The molecular formula is C13H19NS2Zn. The first-order chi connectivity index (χ1) is 7.66. The van der Waals surface area contributed by atoms with E-state index in [1.165, 1.54) is 37.7 Å². The monoisotopic (exact) mass is 317 g/mol. The smallest absolute Gasteiger partial charge is 0.415 e. The number of nitrogens with two attached hydrogens (primary N) is 1. The van der Waals surface area contributed by atoms with Crippen molar-refractivity contribution in [2.75, 3.05) is 0 Å². The normalized spacial score (nSPS) is 8.53.